The lowest BCUT2D eigenvalue weighted by atomic mass is 9.97. The molecular weight excluding hydrogens is 423 g/mol. The lowest BCUT2D eigenvalue weighted by molar-refractivity contribution is -0.141. The monoisotopic (exact) mass is 448 g/mol. The molecule has 0 unspecified atom stereocenters. The lowest BCUT2D eigenvalue weighted by Crippen LogP contribution is -2.54. The van der Waals surface area contributed by atoms with Crippen molar-refractivity contribution in [2.24, 2.45) is 0 Å². The van der Waals surface area contributed by atoms with Crippen LogP contribution in [0.1, 0.15) is 30.9 Å². The van der Waals surface area contributed by atoms with Gasteiger partial charge in [0.05, 0.1) is 14.2 Å². The molecule has 2 aromatic carbocycles. The van der Waals surface area contributed by atoms with Gasteiger partial charge in [-0.1, -0.05) is 23.7 Å². The van der Waals surface area contributed by atoms with Crippen LogP contribution < -0.4 is 14.8 Å². The maximum absolute atomic E-state index is 13.3. The van der Waals surface area contributed by atoms with E-state index in [-0.39, 0.29) is 29.8 Å². The Morgan fingerprint density at radius 3 is 2.61 bits per heavy atom. The van der Waals surface area contributed by atoms with Crippen LogP contribution in [0, 0.1) is 5.82 Å². The van der Waals surface area contributed by atoms with Crippen molar-refractivity contribution in [2.45, 2.75) is 38.3 Å². The van der Waals surface area contributed by atoms with E-state index in [1.165, 1.54) is 17.0 Å². The maximum Gasteiger partial charge on any atom is 0.245 e. The van der Waals surface area contributed by atoms with Crippen molar-refractivity contribution in [1.29, 1.82) is 0 Å². The van der Waals surface area contributed by atoms with Gasteiger partial charge in [-0.25, -0.2) is 4.39 Å². The number of nitrogens with zero attached hydrogens (tertiary/aromatic N) is 1. The minimum absolute atomic E-state index is 0.127. The van der Waals surface area contributed by atoms with Crippen LogP contribution in [-0.4, -0.2) is 43.0 Å². The van der Waals surface area contributed by atoms with E-state index < -0.39 is 11.4 Å². The molecule has 1 saturated heterocycles. The minimum Gasteiger partial charge on any atom is -0.493 e. The highest BCUT2D eigenvalue weighted by atomic mass is 35.5. The Bertz CT molecular complexity index is 984. The van der Waals surface area contributed by atoms with Crippen molar-refractivity contribution >= 4 is 23.4 Å². The number of methoxy groups -OCH3 is 2. The molecular formula is C23H26ClFN2O4. The summed E-state index contributed by atoms with van der Waals surface area (Å²) < 4.78 is 23.9. The Labute approximate surface area is 186 Å². The van der Waals surface area contributed by atoms with Crippen LogP contribution in [0.5, 0.6) is 11.5 Å². The van der Waals surface area contributed by atoms with Crippen molar-refractivity contribution in [3.8, 4) is 11.5 Å². The highest BCUT2D eigenvalue weighted by molar-refractivity contribution is 6.31. The molecule has 1 atom stereocenters. The number of hydrogen-bond donors (Lipinski definition) is 1. The summed E-state index contributed by atoms with van der Waals surface area (Å²) in [6.07, 6.45) is 1.28. The van der Waals surface area contributed by atoms with E-state index in [4.69, 9.17) is 21.1 Å². The van der Waals surface area contributed by atoms with Crippen LogP contribution in [0.4, 0.5) is 4.39 Å². The molecule has 1 aliphatic rings. The molecule has 0 aliphatic carbocycles. The number of benzene rings is 2. The fourth-order valence-corrected chi connectivity index (χ4v) is 3.99. The van der Waals surface area contributed by atoms with E-state index in [0.29, 0.717) is 36.4 Å². The number of ether oxygens (including phenoxy) is 2. The zero-order valence-electron chi connectivity index (χ0n) is 17.8. The van der Waals surface area contributed by atoms with Gasteiger partial charge in [0.15, 0.2) is 11.5 Å². The van der Waals surface area contributed by atoms with Crippen LogP contribution in [0.15, 0.2) is 36.4 Å². The van der Waals surface area contributed by atoms with E-state index in [1.807, 2.05) is 18.2 Å². The molecule has 166 valence electrons. The molecule has 8 heteroatoms. The predicted octanol–water partition coefficient (Wildman–Crippen LogP) is 3.74. The highest BCUT2D eigenvalue weighted by Crippen LogP contribution is 2.33. The first kappa shape index (κ1) is 22.9. The third kappa shape index (κ3) is 4.93. The van der Waals surface area contributed by atoms with Crippen LogP contribution in [-0.2, 0) is 22.6 Å². The second-order valence-corrected chi connectivity index (χ2v) is 8.09. The summed E-state index contributed by atoms with van der Waals surface area (Å²) in [5.74, 6) is 0.469. The van der Waals surface area contributed by atoms with Crippen LogP contribution in [0.2, 0.25) is 5.02 Å². The molecule has 31 heavy (non-hydrogen) atoms. The smallest absolute Gasteiger partial charge is 0.245 e. The van der Waals surface area contributed by atoms with Gasteiger partial charge in [-0.2, -0.15) is 0 Å². The standard InChI is InChI=1S/C23H26ClFN2O4/c1-23(10-8-21(28)27(23)14-16-5-6-17(25)13-18(16)24)22(29)26-11-9-15-4-7-19(30-2)20(12-15)31-3/h4-7,12-13H,8-11,14H2,1-3H3,(H,26,29)/t23-/m1/s1. The fourth-order valence-electron chi connectivity index (χ4n) is 3.76. The molecule has 2 aromatic rings. The molecule has 0 spiro atoms. The summed E-state index contributed by atoms with van der Waals surface area (Å²) in [7, 11) is 3.15. The summed E-state index contributed by atoms with van der Waals surface area (Å²) in [6, 6.07) is 9.64. The molecule has 1 N–H and O–H groups in total. The first-order valence-corrected chi connectivity index (χ1v) is 10.4. The van der Waals surface area contributed by atoms with Gasteiger partial charge < -0.3 is 19.7 Å². The SMILES string of the molecule is COc1ccc(CCNC(=O)[C@@]2(C)CCC(=O)N2Cc2ccc(F)cc2Cl)cc1OC. The van der Waals surface area contributed by atoms with Gasteiger partial charge in [0.25, 0.3) is 0 Å². The molecule has 0 aromatic heterocycles. The fraction of sp³-hybridized carbons (Fsp3) is 0.391. The number of likely N-dealkylation sites (tertiary alicyclic amines) is 1. The van der Waals surface area contributed by atoms with Crippen molar-refractivity contribution in [1.82, 2.24) is 10.2 Å². The van der Waals surface area contributed by atoms with Crippen LogP contribution >= 0.6 is 11.6 Å². The van der Waals surface area contributed by atoms with Gasteiger partial charge >= 0.3 is 0 Å². The van der Waals surface area contributed by atoms with Crippen molar-refractivity contribution in [3.63, 3.8) is 0 Å². The molecule has 0 radical (unpaired) electrons. The Hall–Kier alpha value is -2.80. The topological polar surface area (TPSA) is 67.9 Å². The van der Waals surface area contributed by atoms with E-state index in [9.17, 15) is 14.0 Å². The Kier molecular flexibility index (Phi) is 7.05. The quantitative estimate of drug-likeness (QED) is 0.668. The maximum atomic E-state index is 13.3. The normalized spacial score (nSPS) is 18.2. The molecule has 1 aliphatic heterocycles. The molecule has 0 bridgehead atoms. The van der Waals surface area contributed by atoms with Gasteiger partial charge in [0.2, 0.25) is 11.8 Å². The highest BCUT2D eigenvalue weighted by Gasteiger charge is 2.47. The van der Waals surface area contributed by atoms with Crippen molar-refractivity contribution in [2.75, 3.05) is 20.8 Å². The van der Waals surface area contributed by atoms with Gasteiger partial charge in [0.1, 0.15) is 11.4 Å². The van der Waals surface area contributed by atoms with E-state index in [2.05, 4.69) is 5.32 Å². The van der Waals surface area contributed by atoms with Gasteiger partial charge in [-0.05, 0) is 55.2 Å². The summed E-state index contributed by atoms with van der Waals surface area (Å²) in [4.78, 5) is 27.1. The largest absolute Gasteiger partial charge is 0.493 e. The summed E-state index contributed by atoms with van der Waals surface area (Å²) in [6.45, 7) is 2.31. The Morgan fingerprint density at radius 1 is 1.19 bits per heavy atom. The number of amides is 2. The molecule has 0 saturated carbocycles. The molecule has 3 rings (SSSR count). The molecule has 6 nitrogen and oxygen atoms in total. The summed E-state index contributed by atoms with van der Waals surface area (Å²) in [5, 5.41) is 3.17. The van der Waals surface area contributed by atoms with Gasteiger partial charge in [-0.15, -0.1) is 0 Å². The molecule has 1 fully saturated rings. The zero-order chi connectivity index (χ0) is 22.6. The number of hydrogen-bond acceptors (Lipinski definition) is 4. The number of carbonyl (C=O) groups is 2. The van der Waals surface area contributed by atoms with E-state index >= 15 is 0 Å². The van der Waals surface area contributed by atoms with Gasteiger partial charge in [-0.3, -0.25) is 9.59 Å². The van der Waals surface area contributed by atoms with E-state index in [1.54, 1.807) is 27.2 Å². The summed E-state index contributed by atoms with van der Waals surface area (Å²) in [5.41, 5.74) is 0.593. The number of rotatable bonds is 8. The van der Waals surface area contributed by atoms with Crippen molar-refractivity contribution < 1.29 is 23.5 Å². The zero-order valence-corrected chi connectivity index (χ0v) is 18.6. The molecule has 2 amide bonds. The lowest BCUT2D eigenvalue weighted by Gasteiger charge is -2.34. The van der Waals surface area contributed by atoms with E-state index in [0.717, 1.165) is 5.56 Å². The van der Waals surface area contributed by atoms with Crippen LogP contribution in [0.3, 0.4) is 0 Å². The average molecular weight is 449 g/mol. The Balaban J connectivity index is 1.66. The average Bonchev–Trinajstić information content (AvgIpc) is 3.04. The van der Waals surface area contributed by atoms with Crippen molar-refractivity contribution in [3.05, 3.63) is 58.4 Å². The third-order valence-electron chi connectivity index (χ3n) is 5.70. The number of nitrogens with one attached hydrogen (secondary N) is 1. The minimum atomic E-state index is -0.994. The predicted molar refractivity (Wildman–Crippen MR) is 116 cm³/mol. The molecule has 1 heterocycles. The Morgan fingerprint density at radius 2 is 1.94 bits per heavy atom. The number of halogens is 2. The first-order chi connectivity index (χ1) is 14.8. The first-order valence-electron chi connectivity index (χ1n) is 10.0. The number of carbonyl (C=O) groups excluding carboxylic acids is 2. The summed E-state index contributed by atoms with van der Waals surface area (Å²) >= 11 is 6.13. The second kappa shape index (κ2) is 9.56. The van der Waals surface area contributed by atoms with Gasteiger partial charge in [0, 0.05) is 24.5 Å². The third-order valence-corrected chi connectivity index (χ3v) is 6.05. The van der Waals surface area contributed by atoms with Crippen LogP contribution in [0.25, 0.3) is 0 Å². The second-order valence-electron chi connectivity index (χ2n) is 7.68.